The molecule has 3 heterocycles. The minimum atomic E-state index is 0.00192. The Hall–Kier alpha value is -1.70. The fourth-order valence-corrected chi connectivity index (χ4v) is 3.59. The van der Waals surface area contributed by atoms with Crippen LogP contribution in [0.1, 0.15) is 11.4 Å². The van der Waals surface area contributed by atoms with Crippen LogP contribution in [0.15, 0.2) is 29.2 Å². The van der Waals surface area contributed by atoms with Crippen LogP contribution in [-0.4, -0.2) is 59.1 Å². The summed E-state index contributed by atoms with van der Waals surface area (Å²) in [6.45, 7) is 4.31. The molecule has 2 aromatic rings. The van der Waals surface area contributed by atoms with Crippen molar-refractivity contribution < 1.29 is 9.53 Å². The molecule has 0 saturated carbocycles. The first-order valence-corrected chi connectivity index (χ1v) is 9.07. The van der Waals surface area contributed by atoms with E-state index in [0.717, 1.165) is 32.0 Å². The smallest absolute Gasteiger partial charge is 0.248 e. The average molecular weight is 348 g/mol. The average Bonchev–Trinajstić information content (AvgIpc) is 3.16. The molecule has 1 aliphatic heterocycles. The Morgan fingerprint density at radius 3 is 3.08 bits per heavy atom. The largest absolute Gasteiger partial charge is 0.371 e. The van der Waals surface area contributed by atoms with Crippen LogP contribution in [0.2, 0.25) is 0 Å². The summed E-state index contributed by atoms with van der Waals surface area (Å²) in [4.78, 5) is 20.1. The van der Waals surface area contributed by atoms with Crippen molar-refractivity contribution in [3.8, 4) is 0 Å². The molecule has 7 heteroatoms. The second kappa shape index (κ2) is 7.92. The van der Waals surface area contributed by atoms with Crippen molar-refractivity contribution in [3.63, 3.8) is 0 Å². The van der Waals surface area contributed by atoms with E-state index in [9.17, 15) is 4.79 Å². The fraction of sp³-hybridized carbons (Fsp3) is 0.529. The van der Waals surface area contributed by atoms with Crippen LogP contribution in [0.5, 0.6) is 0 Å². The van der Waals surface area contributed by atoms with Gasteiger partial charge in [-0.1, -0.05) is 0 Å². The molecule has 0 aromatic carbocycles. The van der Waals surface area contributed by atoms with Crippen LogP contribution in [0, 0.1) is 5.92 Å². The second-order valence-electron chi connectivity index (χ2n) is 6.47. The molecule has 0 radical (unpaired) electrons. The van der Waals surface area contributed by atoms with E-state index in [1.54, 1.807) is 30.3 Å². The number of likely N-dealkylation sites (N-methyl/N-ethyl adjacent to an activating group) is 1. The molecule has 130 valence electrons. The third-order valence-electron chi connectivity index (χ3n) is 4.20. The lowest BCUT2D eigenvalue weighted by atomic mass is 10.1. The standard InChI is InChI=1S/C17H24N4O2S/c1-19(2)17(22)12-23-11-15-8-20(7-14-3-6-24-13-14)10-16-18-4-5-21(16)9-15/h3-6,13,15H,7-12H2,1-2H3. The van der Waals surface area contributed by atoms with E-state index in [1.807, 2.05) is 12.4 Å². The van der Waals surface area contributed by atoms with Crippen LogP contribution in [0.3, 0.4) is 0 Å². The van der Waals surface area contributed by atoms with Crippen molar-refractivity contribution in [3.05, 3.63) is 40.6 Å². The molecule has 1 amide bonds. The van der Waals surface area contributed by atoms with Crippen LogP contribution >= 0.6 is 11.3 Å². The highest BCUT2D eigenvalue weighted by Gasteiger charge is 2.23. The molecule has 1 aliphatic rings. The maximum atomic E-state index is 11.7. The summed E-state index contributed by atoms with van der Waals surface area (Å²) >= 11 is 1.73. The first-order valence-electron chi connectivity index (χ1n) is 8.13. The van der Waals surface area contributed by atoms with Gasteiger partial charge in [0.2, 0.25) is 5.91 Å². The molecule has 24 heavy (non-hydrogen) atoms. The molecule has 0 aliphatic carbocycles. The molecular formula is C17H24N4O2S. The van der Waals surface area contributed by atoms with Crippen molar-refractivity contribution in [2.75, 3.05) is 33.9 Å². The lowest BCUT2D eigenvalue weighted by Gasteiger charge is -2.23. The van der Waals surface area contributed by atoms with Crippen molar-refractivity contribution in [1.82, 2.24) is 19.4 Å². The molecule has 2 aromatic heterocycles. The Bertz CT molecular complexity index is 653. The monoisotopic (exact) mass is 348 g/mol. The summed E-state index contributed by atoms with van der Waals surface area (Å²) in [5, 5.41) is 4.31. The van der Waals surface area contributed by atoms with E-state index in [-0.39, 0.29) is 12.5 Å². The van der Waals surface area contributed by atoms with Gasteiger partial charge in [-0.05, 0) is 22.4 Å². The Labute approximate surface area is 146 Å². The number of carbonyl (C=O) groups excluding carboxylic acids is 1. The maximum Gasteiger partial charge on any atom is 0.248 e. The van der Waals surface area contributed by atoms with Crippen LogP contribution in [0.25, 0.3) is 0 Å². The number of thiophene rings is 1. The van der Waals surface area contributed by atoms with Gasteiger partial charge in [0.15, 0.2) is 0 Å². The normalized spacial score (nSPS) is 18.2. The van der Waals surface area contributed by atoms with E-state index < -0.39 is 0 Å². The number of nitrogens with zero attached hydrogens (tertiary/aromatic N) is 4. The van der Waals surface area contributed by atoms with E-state index >= 15 is 0 Å². The van der Waals surface area contributed by atoms with Gasteiger partial charge >= 0.3 is 0 Å². The first-order chi connectivity index (χ1) is 11.6. The minimum absolute atomic E-state index is 0.00192. The zero-order valence-electron chi connectivity index (χ0n) is 14.2. The number of rotatable bonds is 6. The third kappa shape index (κ3) is 4.43. The summed E-state index contributed by atoms with van der Waals surface area (Å²) in [7, 11) is 3.50. The van der Waals surface area contributed by atoms with Gasteiger partial charge in [-0.3, -0.25) is 9.69 Å². The number of hydrogen-bond donors (Lipinski definition) is 0. The highest BCUT2D eigenvalue weighted by Crippen LogP contribution is 2.19. The summed E-state index contributed by atoms with van der Waals surface area (Å²) in [5.41, 5.74) is 1.34. The van der Waals surface area contributed by atoms with Gasteiger partial charge in [-0.15, -0.1) is 0 Å². The summed E-state index contributed by atoms with van der Waals surface area (Å²) in [6.07, 6.45) is 3.89. The molecule has 1 atom stereocenters. The predicted octanol–water partition coefficient (Wildman–Crippen LogP) is 1.68. The Kier molecular flexibility index (Phi) is 5.65. The molecule has 0 fully saturated rings. The predicted molar refractivity (Wildman–Crippen MR) is 93.7 cm³/mol. The molecule has 6 nitrogen and oxygen atoms in total. The first kappa shape index (κ1) is 17.1. The Morgan fingerprint density at radius 2 is 2.33 bits per heavy atom. The highest BCUT2D eigenvalue weighted by molar-refractivity contribution is 7.07. The SMILES string of the molecule is CN(C)C(=O)COCC1CN(Cc2ccsc2)Cc2nccn2C1. The van der Waals surface area contributed by atoms with Gasteiger partial charge in [0.05, 0.1) is 13.2 Å². The van der Waals surface area contributed by atoms with Gasteiger partial charge < -0.3 is 14.2 Å². The van der Waals surface area contributed by atoms with Crippen molar-refractivity contribution in [1.29, 1.82) is 0 Å². The number of hydrogen-bond acceptors (Lipinski definition) is 5. The third-order valence-corrected chi connectivity index (χ3v) is 4.93. The number of carbonyl (C=O) groups is 1. The molecular weight excluding hydrogens is 324 g/mol. The van der Waals surface area contributed by atoms with E-state index in [1.165, 1.54) is 5.56 Å². The lowest BCUT2D eigenvalue weighted by molar-refractivity contribution is -0.134. The second-order valence-corrected chi connectivity index (χ2v) is 7.25. The summed E-state index contributed by atoms with van der Waals surface area (Å²) in [6, 6.07) is 2.17. The van der Waals surface area contributed by atoms with Crippen LogP contribution < -0.4 is 0 Å². The van der Waals surface area contributed by atoms with E-state index in [4.69, 9.17) is 4.74 Å². The lowest BCUT2D eigenvalue weighted by Crippen LogP contribution is -2.32. The van der Waals surface area contributed by atoms with Crippen LogP contribution in [0.4, 0.5) is 0 Å². The molecule has 0 spiro atoms. The number of imidazole rings is 1. The summed E-state index contributed by atoms with van der Waals surface area (Å²) < 4.78 is 7.88. The van der Waals surface area contributed by atoms with Gasteiger partial charge in [0, 0.05) is 52.0 Å². The van der Waals surface area contributed by atoms with Crippen molar-refractivity contribution in [2.45, 2.75) is 19.6 Å². The Balaban J connectivity index is 1.62. The van der Waals surface area contributed by atoms with Gasteiger partial charge in [-0.2, -0.15) is 11.3 Å². The number of ether oxygens (including phenoxy) is 1. The zero-order chi connectivity index (χ0) is 16.9. The minimum Gasteiger partial charge on any atom is -0.371 e. The fourth-order valence-electron chi connectivity index (χ4n) is 2.93. The number of amides is 1. The van der Waals surface area contributed by atoms with Gasteiger partial charge in [0.25, 0.3) is 0 Å². The molecule has 1 unspecified atom stereocenters. The number of fused-ring (bicyclic) bond motifs is 1. The Morgan fingerprint density at radius 1 is 1.46 bits per heavy atom. The maximum absolute atomic E-state index is 11.7. The van der Waals surface area contributed by atoms with E-state index in [0.29, 0.717) is 12.5 Å². The number of aromatic nitrogens is 2. The highest BCUT2D eigenvalue weighted by atomic mass is 32.1. The topological polar surface area (TPSA) is 50.6 Å². The van der Waals surface area contributed by atoms with Gasteiger partial charge in [-0.25, -0.2) is 4.98 Å². The van der Waals surface area contributed by atoms with Crippen molar-refractivity contribution in [2.24, 2.45) is 5.92 Å². The molecule has 0 N–H and O–H groups in total. The zero-order valence-corrected chi connectivity index (χ0v) is 15.0. The summed E-state index contributed by atoms with van der Waals surface area (Å²) in [5.74, 6) is 1.44. The molecule has 0 bridgehead atoms. The molecule has 0 saturated heterocycles. The van der Waals surface area contributed by atoms with Gasteiger partial charge in [0.1, 0.15) is 12.4 Å². The van der Waals surface area contributed by atoms with E-state index in [2.05, 4.69) is 31.3 Å². The van der Waals surface area contributed by atoms with Crippen LogP contribution in [-0.2, 0) is 29.2 Å². The quantitative estimate of drug-likeness (QED) is 0.797. The molecule has 3 rings (SSSR count). The van der Waals surface area contributed by atoms with Crippen molar-refractivity contribution >= 4 is 17.2 Å².